The van der Waals surface area contributed by atoms with Gasteiger partial charge in [0.25, 0.3) is 0 Å². The van der Waals surface area contributed by atoms with Crippen LogP contribution in [0.5, 0.6) is 0 Å². The number of rotatable bonds is 4. The van der Waals surface area contributed by atoms with E-state index < -0.39 is 17.6 Å². The summed E-state index contributed by atoms with van der Waals surface area (Å²) in [6.07, 6.45) is 4.73. The van der Waals surface area contributed by atoms with Crippen molar-refractivity contribution in [3.8, 4) is 0 Å². The molecule has 5 aromatic rings. The van der Waals surface area contributed by atoms with Crippen LogP contribution in [0.4, 0.5) is 20.4 Å². The van der Waals surface area contributed by atoms with E-state index in [-0.39, 0.29) is 28.9 Å². The van der Waals surface area contributed by atoms with E-state index in [0.29, 0.717) is 36.1 Å². The molecule has 0 radical (unpaired) electrons. The number of pyridine rings is 2. The van der Waals surface area contributed by atoms with Crippen molar-refractivity contribution in [2.45, 2.75) is 12.8 Å². The normalized spacial score (nSPS) is 15.1. The maximum atomic E-state index is 15.4. The summed E-state index contributed by atoms with van der Waals surface area (Å²) in [5, 5.41) is 4.95. The Bertz CT molecular complexity index is 1600. The van der Waals surface area contributed by atoms with Gasteiger partial charge in [-0.25, -0.2) is 23.3 Å². The van der Waals surface area contributed by atoms with Gasteiger partial charge in [-0.2, -0.15) is 0 Å². The Morgan fingerprint density at radius 2 is 1.81 bits per heavy atom. The summed E-state index contributed by atoms with van der Waals surface area (Å²) < 4.78 is 32.0. The number of piperazine rings is 1. The fourth-order valence-electron chi connectivity index (χ4n) is 4.68. The van der Waals surface area contributed by atoms with Gasteiger partial charge in [-0.05, 0) is 36.4 Å². The number of benzene rings is 1. The zero-order chi connectivity index (χ0) is 24.8. The van der Waals surface area contributed by atoms with Crippen LogP contribution >= 0.6 is 0 Å². The molecule has 6 rings (SSSR count). The van der Waals surface area contributed by atoms with Gasteiger partial charge in [0.15, 0.2) is 5.65 Å². The van der Waals surface area contributed by atoms with Crippen LogP contribution in [0.3, 0.4) is 0 Å². The summed E-state index contributed by atoms with van der Waals surface area (Å²) in [6.45, 7) is 2.87. The summed E-state index contributed by atoms with van der Waals surface area (Å²) in [4.78, 5) is 29.1. The summed E-state index contributed by atoms with van der Waals surface area (Å²) in [6, 6.07) is 13.5. The fraction of sp³-hybridized carbons (Fsp3) is 0.192. The van der Waals surface area contributed by atoms with Gasteiger partial charge in [0, 0.05) is 48.4 Å². The number of hydrogen-bond donors (Lipinski definition) is 0. The van der Waals surface area contributed by atoms with Crippen molar-refractivity contribution < 1.29 is 13.6 Å². The number of carbonyl (C=O) groups is 1. The minimum Gasteiger partial charge on any atom is -0.344 e. The molecule has 1 aliphatic heterocycles. The van der Waals surface area contributed by atoms with Gasteiger partial charge in [0.1, 0.15) is 23.3 Å². The van der Waals surface area contributed by atoms with Gasteiger partial charge in [-0.3, -0.25) is 14.7 Å². The minimum atomic E-state index is -0.673. The number of imidazole rings is 1. The Balaban J connectivity index is 1.33. The number of nitrogens with zero attached hydrogens (tertiary/aromatic N) is 7. The lowest BCUT2D eigenvalue weighted by Crippen LogP contribution is -2.51. The molecule has 1 fully saturated rings. The SMILES string of the molecule is CC(c1c(F)cc2ncccc2c1F)c1cnc2ccc(N3CCN(c4ccccn4)C(=O)C3)nn12. The van der Waals surface area contributed by atoms with Crippen molar-refractivity contribution in [3.63, 3.8) is 0 Å². The molecule has 8 nitrogen and oxygen atoms in total. The Morgan fingerprint density at radius 3 is 2.61 bits per heavy atom. The standard InChI is InChI=1S/C26H21F2N7O/c1-16(25-18(27)13-19-17(26(25)28)5-4-10-29-19)20-14-31-22-7-8-23(32-35(20)22)33-11-12-34(24(36)15-33)21-6-2-3-9-30-21/h2-10,13-14,16H,11-12,15H2,1H3. The number of aromatic nitrogens is 5. The summed E-state index contributed by atoms with van der Waals surface area (Å²) >= 11 is 0. The smallest absolute Gasteiger partial charge is 0.247 e. The predicted molar refractivity (Wildman–Crippen MR) is 131 cm³/mol. The first kappa shape index (κ1) is 22.0. The average Bonchev–Trinajstić information content (AvgIpc) is 3.32. The second-order valence-electron chi connectivity index (χ2n) is 8.68. The third-order valence-electron chi connectivity index (χ3n) is 6.55. The highest BCUT2D eigenvalue weighted by atomic mass is 19.1. The summed E-state index contributed by atoms with van der Waals surface area (Å²) in [7, 11) is 0. The molecular formula is C26H21F2N7O. The molecule has 0 N–H and O–H groups in total. The molecule has 5 heterocycles. The molecule has 1 aliphatic rings. The van der Waals surface area contributed by atoms with E-state index in [1.54, 1.807) is 65.1 Å². The highest BCUT2D eigenvalue weighted by Gasteiger charge is 2.28. The summed E-state index contributed by atoms with van der Waals surface area (Å²) in [5.74, 6) is -0.885. The van der Waals surface area contributed by atoms with Crippen LogP contribution in [-0.2, 0) is 4.79 Å². The molecular weight excluding hydrogens is 464 g/mol. The Morgan fingerprint density at radius 1 is 0.944 bits per heavy atom. The Kier molecular flexibility index (Phi) is 5.28. The van der Waals surface area contributed by atoms with Crippen molar-refractivity contribution in [3.05, 3.63) is 90.0 Å². The number of fused-ring (bicyclic) bond motifs is 2. The lowest BCUT2D eigenvalue weighted by atomic mass is 9.95. The van der Waals surface area contributed by atoms with Crippen LogP contribution in [0.1, 0.15) is 24.1 Å². The van der Waals surface area contributed by atoms with Crippen molar-refractivity contribution in [2.24, 2.45) is 0 Å². The van der Waals surface area contributed by atoms with E-state index in [0.717, 1.165) is 0 Å². The first-order chi connectivity index (χ1) is 17.5. The zero-order valence-electron chi connectivity index (χ0n) is 19.3. The van der Waals surface area contributed by atoms with E-state index in [2.05, 4.69) is 15.0 Å². The van der Waals surface area contributed by atoms with Crippen LogP contribution in [0.15, 0.2) is 67.1 Å². The minimum absolute atomic E-state index is 0.0661. The van der Waals surface area contributed by atoms with Gasteiger partial charge in [0.2, 0.25) is 5.91 Å². The van der Waals surface area contributed by atoms with Crippen molar-refractivity contribution >= 4 is 34.1 Å². The number of amides is 1. The molecule has 1 saturated heterocycles. The maximum absolute atomic E-state index is 15.4. The Hall–Kier alpha value is -4.47. The molecule has 0 aliphatic carbocycles. The van der Waals surface area contributed by atoms with Gasteiger partial charge in [-0.1, -0.05) is 13.0 Å². The van der Waals surface area contributed by atoms with Gasteiger partial charge in [-0.15, -0.1) is 5.10 Å². The third-order valence-corrected chi connectivity index (χ3v) is 6.55. The summed E-state index contributed by atoms with van der Waals surface area (Å²) in [5.41, 5.74) is 1.27. The molecule has 36 heavy (non-hydrogen) atoms. The highest BCUT2D eigenvalue weighted by molar-refractivity contribution is 5.96. The first-order valence-electron chi connectivity index (χ1n) is 11.5. The van der Waals surface area contributed by atoms with Crippen molar-refractivity contribution in [1.29, 1.82) is 0 Å². The molecule has 1 atom stereocenters. The van der Waals surface area contributed by atoms with Crippen molar-refractivity contribution in [2.75, 3.05) is 29.4 Å². The second kappa shape index (κ2) is 8.63. The van der Waals surface area contributed by atoms with E-state index in [4.69, 9.17) is 5.10 Å². The van der Waals surface area contributed by atoms with Crippen molar-refractivity contribution in [1.82, 2.24) is 24.6 Å². The number of anilines is 2. The largest absolute Gasteiger partial charge is 0.344 e. The maximum Gasteiger partial charge on any atom is 0.247 e. The predicted octanol–water partition coefficient (Wildman–Crippen LogP) is 3.96. The molecule has 1 unspecified atom stereocenters. The quantitative estimate of drug-likeness (QED) is 0.384. The monoisotopic (exact) mass is 485 g/mol. The van der Waals surface area contributed by atoms with Crippen LogP contribution in [0.25, 0.3) is 16.6 Å². The fourth-order valence-corrected chi connectivity index (χ4v) is 4.68. The molecule has 180 valence electrons. The molecule has 4 aromatic heterocycles. The zero-order valence-corrected chi connectivity index (χ0v) is 19.3. The molecule has 0 bridgehead atoms. The molecule has 10 heteroatoms. The molecule has 1 amide bonds. The first-order valence-corrected chi connectivity index (χ1v) is 11.5. The van der Waals surface area contributed by atoms with E-state index >= 15 is 8.78 Å². The number of halogens is 2. The van der Waals surface area contributed by atoms with Gasteiger partial charge in [0.05, 0.1) is 24.0 Å². The average molecular weight is 485 g/mol. The van der Waals surface area contributed by atoms with E-state index in [1.807, 2.05) is 11.0 Å². The molecule has 0 spiro atoms. The van der Waals surface area contributed by atoms with E-state index in [9.17, 15) is 4.79 Å². The van der Waals surface area contributed by atoms with Crippen LogP contribution < -0.4 is 9.80 Å². The lowest BCUT2D eigenvalue weighted by Gasteiger charge is -2.34. The van der Waals surface area contributed by atoms with Crippen LogP contribution in [0.2, 0.25) is 0 Å². The lowest BCUT2D eigenvalue weighted by molar-refractivity contribution is -0.118. The second-order valence-corrected chi connectivity index (χ2v) is 8.68. The topological polar surface area (TPSA) is 79.5 Å². The molecule has 1 aromatic carbocycles. The Labute approximate surface area is 204 Å². The highest BCUT2D eigenvalue weighted by Crippen LogP contribution is 2.33. The van der Waals surface area contributed by atoms with Crippen LogP contribution in [-0.4, -0.2) is 50.1 Å². The van der Waals surface area contributed by atoms with E-state index in [1.165, 1.54) is 12.3 Å². The number of carbonyl (C=O) groups excluding carboxylic acids is 1. The van der Waals surface area contributed by atoms with Gasteiger partial charge >= 0.3 is 0 Å². The third kappa shape index (κ3) is 3.62. The van der Waals surface area contributed by atoms with Crippen LogP contribution in [0, 0.1) is 11.6 Å². The molecule has 0 saturated carbocycles. The van der Waals surface area contributed by atoms with Gasteiger partial charge < -0.3 is 4.90 Å². The number of hydrogen-bond acceptors (Lipinski definition) is 6.